The van der Waals surface area contributed by atoms with E-state index in [1.54, 1.807) is 0 Å². The molecule has 0 heterocycles. The van der Waals surface area contributed by atoms with Gasteiger partial charge in [0.1, 0.15) is 6.07 Å². The standard InChI is InChI=1S/C15H20N2O/c1-12-5-2-6-13(11-16)15(12)17(9-4-10-18)14-7-3-8-14/h2,5-6,14,18H,3-4,7-10H2,1H3. The molecule has 1 aliphatic carbocycles. The fraction of sp³-hybridized carbons (Fsp3) is 0.533. The first-order valence-corrected chi connectivity index (χ1v) is 6.65. The van der Waals surface area contributed by atoms with Crippen molar-refractivity contribution >= 4 is 5.69 Å². The number of nitrogens with zero attached hydrogens (tertiary/aromatic N) is 2. The topological polar surface area (TPSA) is 47.3 Å². The summed E-state index contributed by atoms with van der Waals surface area (Å²) in [5.41, 5.74) is 2.97. The minimum atomic E-state index is 0.205. The first-order valence-electron chi connectivity index (χ1n) is 6.65. The van der Waals surface area contributed by atoms with E-state index in [0.29, 0.717) is 6.04 Å². The summed E-state index contributed by atoms with van der Waals surface area (Å²) in [5.74, 6) is 0. The van der Waals surface area contributed by atoms with Gasteiger partial charge in [0.2, 0.25) is 0 Å². The van der Waals surface area contributed by atoms with Crippen molar-refractivity contribution in [1.82, 2.24) is 0 Å². The molecule has 0 amide bonds. The van der Waals surface area contributed by atoms with Crippen LogP contribution in [-0.2, 0) is 0 Å². The van der Waals surface area contributed by atoms with E-state index in [9.17, 15) is 5.26 Å². The third kappa shape index (κ3) is 2.49. The SMILES string of the molecule is Cc1cccc(C#N)c1N(CCCO)C1CCC1. The minimum absolute atomic E-state index is 0.205. The zero-order chi connectivity index (χ0) is 13.0. The van der Waals surface area contributed by atoms with Gasteiger partial charge < -0.3 is 10.0 Å². The summed E-state index contributed by atoms with van der Waals surface area (Å²) in [6, 6.07) is 8.71. The first-order chi connectivity index (χ1) is 8.77. The van der Waals surface area contributed by atoms with Gasteiger partial charge in [-0.3, -0.25) is 0 Å². The van der Waals surface area contributed by atoms with E-state index in [2.05, 4.69) is 24.0 Å². The van der Waals surface area contributed by atoms with Crippen molar-refractivity contribution in [3.05, 3.63) is 29.3 Å². The second kappa shape index (κ2) is 5.88. The average Bonchev–Trinajstić information content (AvgIpc) is 2.32. The Morgan fingerprint density at radius 1 is 1.44 bits per heavy atom. The molecule has 1 aromatic carbocycles. The van der Waals surface area contributed by atoms with Gasteiger partial charge in [-0.05, 0) is 44.2 Å². The van der Waals surface area contributed by atoms with Gasteiger partial charge in [-0.15, -0.1) is 0 Å². The molecule has 1 fully saturated rings. The molecule has 1 saturated carbocycles. The van der Waals surface area contributed by atoms with E-state index in [1.807, 2.05) is 12.1 Å². The molecule has 2 rings (SSSR count). The molecule has 3 heteroatoms. The monoisotopic (exact) mass is 244 g/mol. The van der Waals surface area contributed by atoms with Crippen molar-refractivity contribution in [1.29, 1.82) is 5.26 Å². The number of benzene rings is 1. The lowest BCUT2D eigenvalue weighted by molar-refractivity contribution is 0.283. The molecular formula is C15H20N2O. The van der Waals surface area contributed by atoms with Crippen LogP contribution in [-0.4, -0.2) is 24.3 Å². The number of aliphatic hydroxyl groups excluding tert-OH is 1. The lowest BCUT2D eigenvalue weighted by atomic mass is 9.90. The average molecular weight is 244 g/mol. The maximum absolute atomic E-state index is 9.26. The number of hydrogen-bond acceptors (Lipinski definition) is 3. The molecule has 96 valence electrons. The van der Waals surface area contributed by atoms with Crippen molar-refractivity contribution in [3.8, 4) is 6.07 Å². The third-order valence-corrected chi connectivity index (χ3v) is 3.72. The second-order valence-corrected chi connectivity index (χ2v) is 4.94. The highest BCUT2D eigenvalue weighted by molar-refractivity contribution is 5.64. The zero-order valence-electron chi connectivity index (χ0n) is 10.9. The van der Waals surface area contributed by atoms with Crippen LogP contribution < -0.4 is 4.90 Å². The molecule has 0 unspecified atom stereocenters. The predicted octanol–water partition coefficient (Wildman–Crippen LogP) is 2.61. The van der Waals surface area contributed by atoms with E-state index < -0.39 is 0 Å². The Morgan fingerprint density at radius 3 is 2.78 bits per heavy atom. The maximum Gasteiger partial charge on any atom is 0.101 e. The second-order valence-electron chi connectivity index (χ2n) is 4.94. The number of anilines is 1. The van der Waals surface area contributed by atoms with Crippen molar-refractivity contribution in [3.63, 3.8) is 0 Å². The quantitative estimate of drug-likeness (QED) is 0.866. The lowest BCUT2D eigenvalue weighted by Gasteiger charge is -2.40. The summed E-state index contributed by atoms with van der Waals surface area (Å²) in [4.78, 5) is 2.33. The Morgan fingerprint density at radius 2 is 2.22 bits per heavy atom. The molecule has 18 heavy (non-hydrogen) atoms. The van der Waals surface area contributed by atoms with Crippen LogP contribution in [0.5, 0.6) is 0 Å². The van der Waals surface area contributed by atoms with E-state index in [0.717, 1.165) is 29.8 Å². The summed E-state index contributed by atoms with van der Waals surface area (Å²) in [6.45, 7) is 3.10. The van der Waals surface area contributed by atoms with Crippen molar-refractivity contribution in [2.24, 2.45) is 0 Å². The molecule has 1 aliphatic rings. The molecule has 0 atom stereocenters. The summed E-state index contributed by atoms with van der Waals surface area (Å²) in [5, 5.41) is 18.3. The smallest absolute Gasteiger partial charge is 0.101 e. The fourth-order valence-corrected chi connectivity index (χ4v) is 2.55. The van der Waals surface area contributed by atoms with Crippen LogP contribution in [0.1, 0.15) is 36.8 Å². The summed E-state index contributed by atoms with van der Waals surface area (Å²) >= 11 is 0. The molecule has 0 aliphatic heterocycles. The Kier molecular flexibility index (Phi) is 4.22. The number of nitriles is 1. The molecule has 0 bridgehead atoms. The summed E-state index contributed by atoms with van der Waals surface area (Å²) < 4.78 is 0. The molecule has 1 aromatic rings. The summed E-state index contributed by atoms with van der Waals surface area (Å²) in [6.07, 6.45) is 4.43. The first kappa shape index (κ1) is 12.9. The van der Waals surface area contributed by atoms with Crippen LogP contribution in [0.4, 0.5) is 5.69 Å². The molecule has 0 spiro atoms. The largest absolute Gasteiger partial charge is 0.396 e. The van der Waals surface area contributed by atoms with Gasteiger partial charge in [0.05, 0.1) is 11.3 Å². The Labute approximate surface area is 109 Å². The number of aryl methyl sites for hydroxylation is 1. The van der Waals surface area contributed by atoms with Gasteiger partial charge in [-0.2, -0.15) is 5.26 Å². The lowest BCUT2D eigenvalue weighted by Crippen LogP contribution is -2.42. The molecule has 0 radical (unpaired) electrons. The van der Waals surface area contributed by atoms with Gasteiger partial charge in [0, 0.05) is 19.2 Å². The van der Waals surface area contributed by atoms with Crippen LogP contribution in [0.3, 0.4) is 0 Å². The van der Waals surface area contributed by atoms with E-state index >= 15 is 0 Å². The number of hydrogen-bond donors (Lipinski definition) is 1. The number of para-hydroxylation sites is 1. The molecule has 3 nitrogen and oxygen atoms in total. The van der Waals surface area contributed by atoms with Crippen molar-refractivity contribution in [2.75, 3.05) is 18.1 Å². The van der Waals surface area contributed by atoms with Crippen LogP contribution in [0.25, 0.3) is 0 Å². The highest BCUT2D eigenvalue weighted by Gasteiger charge is 2.27. The van der Waals surface area contributed by atoms with E-state index in [-0.39, 0.29) is 6.61 Å². The van der Waals surface area contributed by atoms with E-state index in [1.165, 1.54) is 19.3 Å². The third-order valence-electron chi connectivity index (χ3n) is 3.72. The van der Waals surface area contributed by atoms with Gasteiger partial charge in [-0.1, -0.05) is 12.1 Å². The van der Waals surface area contributed by atoms with Crippen molar-refractivity contribution < 1.29 is 5.11 Å². The Hall–Kier alpha value is -1.53. The normalized spacial score (nSPS) is 14.9. The Bertz CT molecular complexity index is 446. The number of aliphatic hydroxyl groups is 1. The fourth-order valence-electron chi connectivity index (χ4n) is 2.55. The van der Waals surface area contributed by atoms with Crippen LogP contribution in [0, 0.1) is 18.3 Å². The highest BCUT2D eigenvalue weighted by Crippen LogP contribution is 2.33. The Balaban J connectivity index is 2.31. The zero-order valence-corrected chi connectivity index (χ0v) is 10.9. The minimum Gasteiger partial charge on any atom is -0.396 e. The molecular weight excluding hydrogens is 224 g/mol. The van der Waals surface area contributed by atoms with Crippen LogP contribution in [0.15, 0.2) is 18.2 Å². The highest BCUT2D eigenvalue weighted by atomic mass is 16.3. The van der Waals surface area contributed by atoms with Crippen LogP contribution in [0.2, 0.25) is 0 Å². The van der Waals surface area contributed by atoms with Gasteiger partial charge in [-0.25, -0.2) is 0 Å². The molecule has 0 saturated heterocycles. The maximum atomic E-state index is 9.26. The molecule has 0 aromatic heterocycles. The van der Waals surface area contributed by atoms with Gasteiger partial charge in [0.25, 0.3) is 0 Å². The number of rotatable bonds is 5. The van der Waals surface area contributed by atoms with E-state index in [4.69, 9.17) is 5.11 Å². The molecule has 1 N–H and O–H groups in total. The predicted molar refractivity (Wildman–Crippen MR) is 72.6 cm³/mol. The van der Waals surface area contributed by atoms with Crippen molar-refractivity contribution in [2.45, 2.75) is 38.6 Å². The summed E-state index contributed by atoms with van der Waals surface area (Å²) in [7, 11) is 0. The van der Waals surface area contributed by atoms with Gasteiger partial charge in [0.15, 0.2) is 0 Å². The van der Waals surface area contributed by atoms with Crippen LogP contribution >= 0.6 is 0 Å². The van der Waals surface area contributed by atoms with Gasteiger partial charge >= 0.3 is 0 Å².